The number of ketones is 1. The van der Waals surface area contributed by atoms with Gasteiger partial charge in [-0.05, 0) is 29.3 Å². The van der Waals surface area contributed by atoms with E-state index in [9.17, 15) is 35.9 Å². The minimum atomic E-state index is -5.42. The van der Waals surface area contributed by atoms with Gasteiger partial charge in [-0.1, -0.05) is 30.3 Å². The molecule has 0 saturated heterocycles. The average Bonchev–Trinajstić information content (AvgIpc) is 2.78. The van der Waals surface area contributed by atoms with Gasteiger partial charge in [0, 0.05) is 32.4 Å². The summed E-state index contributed by atoms with van der Waals surface area (Å²) in [5, 5.41) is 9.03. The van der Waals surface area contributed by atoms with E-state index in [1.165, 1.54) is 0 Å². The number of carbonyl (C=O) groups is 1. The van der Waals surface area contributed by atoms with Gasteiger partial charge in [0.15, 0.2) is 5.43 Å². The number of aliphatic hydroxyl groups is 1. The second-order valence-corrected chi connectivity index (χ2v) is 6.62. The van der Waals surface area contributed by atoms with Gasteiger partial charge in [-0.15, -0.1) is 17.7 Å². The monoisotopic (exact) mass is 673 g/mol. The number of carbonyl (C=O) groups excluding carboxylic acids is 1. The van der Waals surface area contributed by atoms with Crippen molar-refractivity contribution in [1.29, 1.82) is 0 Å². The molecule has 4 rings (SSSR count). The topological polar surface area (TPSA) is 80.4 Å². The number of fused-ring (bicyclic) bond motifs is 2. The van der Waals surface area contributed by atoms with E-state index < -0.39 is 30.0 Å². The third kappa shape index (κ3) is 6.55. The van der Waals surface area contributed by atoms with E-state index in [1.807, 2.05) is 30.3 Å². The average molecular weight is 673 g/mol. The molecule has 1 radical (unpaired) electrons. The molecule has 2 aromatic heterocycles. The molecule has 1 N–H and O–H groups in total. The molecular formula is C23H12F6IrNO4-. The number of allylic oxidation sites excluding steroid dienone is 2. The van der Waals surface area contributed by atoms with Gasteiger partial charge in [0.05, 0.1) is 11.0 Å². The number of rotatable bonds is 2. The Balaban J connectivity index is 0.000000271. The van der Waals surface area contributed by atoms with Crippen LogP contribution in [-0.2, 0) is 24.9 Å². The zero-order valence-electron chi connectivity index (χ0n) is 17.1. The fraction of sp³-hybridized carbons (Fsp3) is 0.0870. The van der Waals surface area contributed by atoms with E-state index in [1.54, 1.807) is 30.5 Å². The van der Waals surface area contributed by atoms with Crippen LogP contribution in [0.4, 0.5) is 26.3 Å². The van der Waals surface area contributed by atoms with Crippen molar-refractivity contribution >= 4 is 27.7 Å². The number of hydrogen-bond donors (Lipinski definition) is 1. The van der Waals surface area contributed by atoms with Gasteiger partial charge in [0.2, 0.25) is 5.76 Å². The Morgan fingerprint density at radius 1 is 0.943 bits per heavy atom. The van der Waals surface area contributed by atoms with Crippen molar-refractivity contribution in [2.24, 2.45) is 0 Å². The van der Waals surface area contributed by atoms with E-state index in [-0.39, 0.29) is 25.5 Å². The standard InChI is InChI=1S/C18H10NO2.C5H2F6O2.Ir/c20-18-13-6-1-2-9-15(13)21-16-10-5-7-12(17(16)18)14-8-3-4-11-19-14;6-4(7,8)2(12)1-3(13)5(9,10)11;/h1-6,8-11H;1,12H;/q-1;;/b;2-1-;. The molecule has 0 aliphatic carbocycles. The van der Waals surface area contributed by atoms with Gasteiger partial charge in [0.1, 0.15) is 5.58 Å². The Hall–Kier alpha value is -3.50. The van der Waals surface area contributed by atoms with Crippen LogP contribution in [0.25, 0.3) is 33.2 Å². The van der Waals surface area contributed by atoms with Crippen molar-refractivity contribution in [3.63, 3.8) is 0 Å². The SMILES string of the molecule is O=C(/C=C(\O)C(F)(F)F)C(F)(F)F.O=c1c2ccccc2oc2cc[c-]c(-c3ccccn3)c12.[Ir]. The number of aromatic nitrogens is 1. The fourth-order valence-electron chi connectivity index (χ4n) is 2.79. The van der Waals surface area contributed by atoms with Crippen LogP contribution in [0.15, 0.2) is 81.8 Å². The third-order valence-electron chi connectivity index (χ3n) is 4.30. The Bertz CT molecular complexity index is 1430. The van der Waals surface area contributed by atoms with Crippen LogP contribution in [0.2, 0.25) is 0 Å². The van der Waals surface area contributed by atoms with Crippen molar-refractivity contribution in [1.82, 2.24) is 4.98 Å². The minimum Gasteiger partial charge on any atom is -0.504 e. The Kier molecular flexibility index (Phi) is 8.59. The molecule has 0 spiro atoms. The largest absolute Gasteiger partial charge is 0.504 e. The van der Waals surface area contributed by atoms with Crippen molar-refractivity contribution in [3.8, 4) is 11.3 Å². The summed E-state index contributed by atoms with van der Waals surface area (Å²) < 4.78 is 73.9. The van der Waals surface area contributed by atoms with Crippen LogP contribution in [0, 0.1) is 6.07 Å². The number of alkyl halides is 6. The van der Waals surface area contributed by atoms with Crippen LogP contribution in [0.5, 0.6) is 0 Å². The molecule has 0 fully saturated rings. The minimum absolute atomic E-state index is 0. The molecule has 0 aliphatic rings. The normalized spacial score (nSPS) is 12.0. The first-order chi connectivity index (χ1) is 15.9. The quantitative estimate of drug-likeness (QED) is 0.0940. The summed E-state index contributed by atoms with van der Waals surface area (Å²) in [5.74, 6) is -5.34. The summed E-state index contributed by atoms with van der Waals surface area (Å²) in [6.45, 7) is 0. The van der Waals surface area contributed by atoms with E-state index in [0.717, 1.165) is 0 Å². The molecule has 0 saturated carbocycles. The second kappa shape index (κ2) is 10.8. The van der Waals surface area contributed by atoms with Crippen LogP contribution in [0.1, 0.15) is 0 Å². The second-order valence-electron chi connectivity index (χ2n) is 6.62. The summed E-state index contributed by atoms with van der Waals surface area (Å²) in [7, 11) is 0. The Morgan fingerprint density at radius 2 is 1.60 bits per heavy atom. The number of benzene rings is 2. The number of aliphatic hydroxyl groups excluding tert-OH is 1. The maximum absolute atomic E-state index is 12.8. The number of para-hydroxylation sites is 1. The Morgan fingerprint density at radius 3 is 2.20 bits per heavy atom. The molecule has 5 nitrogen and oxygen atoms in total. The molecule has 2 heterocycles. The van der Waals surface area contributed by atoms with Crippen molar-refractivity contribution in [2.45, 2.75) is 12.4 Å². The molecular weight excluding hydrogens is 660 g/mol. The smallest absolute Gasteiger partial charge is 0.454 e. The van der Waals surface area contributed by atoms with E-state index in [0.29, 0.717) is 33.2 Å². The van der Waals surface area contributed by atoms with E-state index >= 15 is 0 Å². The van der Waals surface area contributed by atoms with Crippen LogP contribution < -0.4 is 5.43 Å². The van der Waals surface area contributed by atoms with Gasteiger partial charge in [0.25, 0.3) is 5.78 Å². The van der Waals surface area contributed by atoms with Gasteiger partial charge in [-0.25, -0.2) is 0 Å². The van der Waals surface area contributed by atoms with Crippen molar-refractivity contribution in [2.75, 3.05) is 0 Å². The first-order valence-electron chi connectivity index (χ1n) is 9.26. The summed E-state index contributed by atoms with van der Waals surface area (Å²) in [6.07, 6.45) is -9.98. The molecule has 0 amide bonds. The number of pyridine rings is 1. The first-order valence-corrected chi connectivity index (χ1v) is 9.26. The molecule has 4 aromatic rings. The summed E-state index contributed by atoms with van der Waals surface area (Å²) in [4.78, 5) is 26.9. The summed E-state index contributed by atoms with van der Waals surface area (Å²) >= 11 is 0. The predicted octanol–water partition coefficient (Wildman–Crippen LogP) is 5.93. The van der Waals surface area contributed by atoms with Gasteiger partial charge >= 0.3 is 12.4 Å². The van der Waals surface area contributed by atoms with Crippen LogP contribution >= 0.6 is 0 Å². The molecule has 185 valence electrons. The molecule has 0 bridgehead atoms. The maximum Gasteiger partial charge on any atom is 0.454 e. The van der Waals surface area contributed by atoms with Gasteiger partial charge < -0.3 is 14.5 Å². The van der Waals surface area contributed by atoms with E-state index in [4.69, 9.17) is 9.52 Å². The summed E-state index contributed by atoms with van der Waals surface area (Å²) in [6, 6.07) is 19.5. The molecule has 2 aromatic carbocycles. The summed E-state index contributed by atoms with van der Waals surface area (Å²) in [5.41, 5.74) is 2.48. The number of hydrogen-bond acceptors (Lipinski definition) is 5. The van der Waals surface area contributed by atoms with Crippen molar-refractivity contribution < 1.29 is 60.8 Å². The number of halogens is 6. The molecule has 12 heteroatoms. The van der Waals surface area contributed by atoms with Crippen LogP contribution in [-0.4, -0.2) is 28.2 Å². The van der Waals surface area contributed by atoms with Crippen molar-refractivity contribution in [3.05, 3.63) is 88.9 Å². The molecule has 0 atom stereocenters. The van der Waals surface area contributed by atoms with E-state index in [2.05, 4.69) is 11.1 Å². The molecule has 35 heavy (non-hydrogen) atoms. The Labute approximate surface area is 206 Å². The maximum atomic E-state index is 12.8. The molecule has 0 unspecified atom stereocenters. The van der Waals surface area contributed by atoms with Gasteiger partial charge in [-0.2, -0.15) is 26.3 Å². The first kappa shape index (κ1) is 27.7. The fourth-order valence-corrected chi connectivity index (χ4v) is 2.79. The zero-order chi connectivity index (χ0) is 25.1. The number of nitrogens with zero attached hydrogens (tertiary/aromatic N) is 1. The third-order valence-corrected chi connectivity index (χ3v) is 4.30. The predicted molar refractivity (Wildman–Crippen MR) is 110 cm³/mol. The van der Waals surface area contributed by atoms with Crippen LogP contribution in [0.3, 0.4) is 0 Å². The van der Waals surface area contributed by atoms with Gasteiger partial charge in [-0.3, -0.25) is 9.59 Å². The molecule has 0 aliphatic heterocycles. The zero-order valence-corrected chi connectivity index (χ0v) is 19.5.